The number of anilines is 1. The zero-order valence-corrected chi connectivity index (χ0v) is 12.0. The molecule has 4 nitrogen and oxygen atoms in total. The van der Waals surface area contributed by atoms with E-state index in [1.54, 1.807) is 0 Å². The van der Waals surface area contributed by atoms with Crippen LogP contribution in [0.15, 0.2) is 18.2 Å². The summed E-state index contributed by atoms with van der Waals surface area (Å²) in [5.74, 6) is -0.465. The Morgan fingerprint density at radius 1 is 1.43 bits per heavy atom. The van der Waals surface area contributed by atoms with E-state index < -0.39 is 23.7 Å². The Labute approximate surface area is 127 Å². The third-order valence-electron chi connectivity index (χ3n) is 2.71. The fourth-order valence-electron chi connectivity index (χ4n) is 1.77. The van der Waals surface area contributed by atoms with Gasteiger partial charge in [-0.05, 0) is 18.2 Å². The van der Waals surface area contributed by atoms with Crippen LogP contribution in [0.4, 0.5) is 18.9 Å². The van der Waals surface area contributed by atoms with Gasteiger partial charge in [0.1, 0.15) is 6.04 Å². The van der Waals surface area contributed by atoms with Crippen molar-refractivity contribution in [1.82, 2.24) is 5.32 Å². The number of hydrogen-bond acceptors (Lipinski definition) is 3. The number of halogens is 4. The Morgan fingerprint density at radius 3 is 2.76 bits per heavy atom. The molecule has 1 saturated heterocycles. The van der Waals surface area contributed by atoms with E-state index in [2.05, 4.69) is 10.6 Å². The second kappa shape index (κ2) is 6.15. The molecule has 2 amide bonds. The van der Waals surface area contributed by atoms with Gasteiger partial charge in [-0.1, -0.05) is 11.6 Å². The van der Waals surface area contributed by atoms with Crippen molar-refractivity contribution < 1.29 is 22.8 Å². The highest BCUT2D eigenvalue weighted by Crippen LogP contribution is 2.36. The van der Waals surface area contributed by atoms with E-state index in [1.807, 2.05) is 0 Å². The summed E-state index contributed by atoms with van der Waals surface area (Å²) < 4.78 is 38.7. The molecule has 9 heteroatoms. The lowest BCUT2D eigenvalue weighted by Crippen LogP contribution is -2.49. The van der Waals surface area contributed by atoms with E-state index in [9.17, 15) is 22.8 Å². The summed E-state index contributed by atoms with van der Waals surface area (Å²) in [6.45, 7) is 0. The summed E-state index contributed by atoms with van der Waals surface area (Å²) in [6.07, 6.45) is -4.64. The number of carbonyl (C=O) groups is 2. The Kier molecular flexibility index (Phi) is 4.67. The van der Waals surface area contributed by atoms with Crippen molar-refractivity contribution in [1.29, 1.82) is 0 Å². The van der Waals surface area contributed by atoms with Gasteiger partial charge >= 0.3 is 6.18 Å². The van der Waals surface area contributed by atoms with E-state index in [0.717, 1.165) is 12.1 Å². The van der Waals surface area contributed by atoms with Crippen molar-refractivity contribution in [2.45, 2.75) is 12.2 Å². The average Bonchev–Trinajstić information content (AvgIpc) is 2.39. The summed E-state index contributed by atoms with van der Waals surface area (Å²) in [5, 5.41) is 4.53. The van der Waals surface area contributed by atoms with Crippen LogP contribution in [0.2, 0.25) is 5.02 Å². The lowest BCUT2D eigenvalue weighted by atomic mass is 10.1. The summed E-state index contributed by atoms with van der Waals surface area (Å²) >= 11 is 6.80. The number of carbonyl (C=O) groups excluding carboxylic acids is 2. The van der Waals surface area contributed by atoms with E-state index in [1.165, 1.54) is 17.8 Å². The smallest absolute Gasteiger partial charge is 0.343 e. The molecule has 1 aliphatic heterocycles. The monoisotopic (exact) mass is 338 g/mol. The maximum absolute atomic E-state index is 12.9. The van der Waals surface area contributed by atoms with E-state index in [-0.39, 0.29) is 22.4 Å². The van der Waals surface area contributed by atoms with Crippen LogP contribution < -0.4 is 10.6 Å². The fraction of sp³-hybridized carbons (Fsp3) is 0.333. The van der Waals surface area contributed by atoms with Crippen LogP contribution in [0.3, 0.4) is 0 Å². The highest BCUT2D eigenvalue weighted by Gasteiger charge is 2.35. The van der Waals surface area contributed by atoms with Crippen LogP contribution in [0.5, 0.6) is 0 Å². The average molecular weight is 339 g/mol. The molecule has 1 fully saturated rings. The number of hydrogen-bond donors (Lipinski definition) is 2. The number of amides is 2. The number of alkyl halides is 3. The highest BCUT2D eigenvalue weighted by molar-refractivity contribution is 8.00. The minimum absolute atomic E-state index is 0.0816. The van der Waals surface area contributed by atoms with Gasteiger partial charge in [0.15, 0.2) is 0 Å². The number of thioether (sulfide) groups is 1. The fourth-order valence-corrected chi connectivity index (χ4v) is 2.80. The first-order valence-electron chi connectivity index (χ1n) is 5.82. The Bertz CT molecular complexity index is 580. The van der Waals surface area contributed by atoms with E-state index in [0.29, 0.717) is 5.75 Å². The van der Waals surface area contributed by atoms with E-state index >= 15 is 0 Å². The maximum atomic E-state index is 12.9. The molecule has 0 bridgehead atoms. The standard InChI is InChI=1S/C12H10ClF3N2O2S/c13-6-1-2-8(7(3-6)12(14,15)16)18-11(20)9-4-21-5-10(19)17-9/h1-3,9H,4-5H2,(H,17,19)(H,18,20). The first-order valence-corrected chi connectivity index (χ1v) is 7.35. The number of nitrogens with one attached hydrogen (secondary N) is 2. The highest BCUT2D eigenvalue weighted by atomic mass is 35.5. The second-order valence-electron chi connectivity index (χ2n) is 4.31. The normalized spacial score (nSPS) is 19.0. The van der Waals surface area contributed by atoms with Crippen LogP contribution in [0.1, 0.15) is 5.56 Å². The number of benzene rings is 1. The van der Waals surface area contributed by atoms with Gasteiger partial charge in [0.05, 0.1) is 17.0 Å². The molecule has 21 heavy (non-hydrogen) atoms. The molecule has 0 spiro atoms. The Balaban J connectivity index is 2.19. The van der Waals surface area contributed by atoms with Gasteiger partial charge in [-0.25, -0.2) is 0 Å². The predicted molar refractivity (Wildman–Crippen MR) is 74.3 cm³/mol. The molecule has 0 saturated carbocycles. The molecule has 2 N–H and O–H groups in total. The zero-order valence-electron chi connectivity index (χ0n) is 10.5. The molecule has 0 radical (unpaired) electrons. The minimum atomic E-state index is -4.64. The minimum Gasteiger partial charge on any atom is -0.343 e. The van der Waals surface area contributed by atoms with Crippen LogP contribution in [0.25, 0.3) is 0 Å². The van der Waals surface area contributed by atoms with Gasteiger partial charge in [0.2, 0.25) is 11.8 Å². The molecule has 1 aliphatic rings. The quantitative estimate of drug-likeness (QED) is 0.871. The summed E-state index contributed by atoms with van der Waals surface area (Å²) in [6, 6.07) is 2.22. The molecule has 1 heterocycles. The Morgan fingerprint density at radius 2 is 2.14 bits per heavy atom. The van der Waals surface area contributed by atoms with E-state index in [4.69, 9.17) is 11.6 Å². The van der Waals surface area contributed by atoms with Crippen LogP contribution in [-0.2, 0) is 15.8 Å². The first kappa shape index (κ1) is 16.0. The molecule has 1 aromatic carbocycles. The third-order valence-corrected chi connectivity index (χ3v) is 3.98. The van der Waals surface area contributed by atoms with Crippen molar-refractivity contribution >= 4 is 40.9 Å². The summed E-state index contributed by atoms with van der Waals surface area (Å²) in [7, 11) is 0. The van der Waals surface area contributed by atoms with Crippen molar-refractivity contribution in [3.63, 3.8) is 0 Å². The maximum Gasteiger partial charge on any atom is 0.418 e. The van der Waals surface area contributed by atoms with Gasteiger partial charge in [-0.15, -0.1) is 11.8 Å². The lowest BCUT2D eigenvalue weighted by Gasteiger charge is -2.23. The molecule has 1 aromatic rings. The van der Waals surface area contributed by atoms with Gasteiger partial charge in [-0.2, -0.15) is 13.2 Å². The van der Waals surface area contributed by atoms with Crippen molar-refractivity contribution in [3.05, 3.63) is 28.8 Å². The second-order valence-corrected chi connectivity index (χ2v) is 5.78. The summed E-state index contributed by atoms with van der Waals surface area (Å²) in [4.78, 5) is 23.1. The zero-order chi connectivity index (χ0) is 15.6. The third kappa shape index (κ3) is 4.04. The van der Waals surface area contributed by atoms with Crippen LogP contribution in [-0.4, -0.2) is 29.4 Å². The SMILES string of the molecule is O=C1CSCC(C(=O)Nc2ccc(Cl)cc2C(F)(F)F)N1. The largest absolute Gasteiger partial charge is 0.418 e. The topological polar surface area (TPSA) is 58.2 Å². The predicted octanol–water partition coefficient (Wildman–Crippen LogP) is 2.53. The van der Waals surface area contributed by atoms with Crippen LogP contribution >= 0.6 is 23.4 Å². The Hall–Kier alpha value is -1.41. The molecule has 1 atom stereocenters. The molecule has 1 unspecified atom stereocenters. The molecular formula is C12H10ClF3N2O2S. The first-order chi connectivity index (χ1) is 9.77. The number of rotatable bonds is 2. The summed E-state index contributed by atoms with van der Waals surface area (Å²) in [5.41, 5.74) is -1.42. The van der Waals surface area contributed by atoms with Gasteiger partial charge < -0.3 is 10.6 Å². The lowest BCUT2D eigenvalue weighted by molar-refractivity contribution is -0.137. The van der Waals surface area contributed by atoms with Crippen molar-refractivity contribution in [2.24, 2.45) is 0 Å². The van der Waals surface area contributed by atoms with Gasteiger partial charge in [0, 0.05) is 10.8 Å². The van der Waals surface area contributed by atoms with Gasteiger partial charge in [-0.3, -0.25) is 9.59 Å². The molecule has 0 aromatic heterocycles. The molecule has 114 valence electrons. The molecular weight excluding hydrogens is 329 g/mol. The van der Waals surface area contributed by atoms with Crippen LogP contribution in [0, 0.1) is 0 Å². The van der Waals surface area contributed by atoms with Crippen molar-refractivity contribution in [3.8, 4) is 0 Å². The van der Waals surface area contributed by atoms with Gasteiger partial charge in [0.25, 0.3) is 0 Å². The van der Waals surface area contributed by atoms with Crippen molar-refractivity contribution in [2.75, 3.05) is 16.8 Å². The molecule has 0 aliphatic carbocycles. The molecule has 2 rings (SSSR count).